The quantitative estimate of drug-likeness (QED) is 0.890. The molecule has 0 aliphatic carbocycles. The van der Waals surface area contributed by atoms with E-state index in [1.165, 1.54) is 4.88 Å². The maximum Gasteiger partial charge on any atom is 0.220 e. The van der Waals surface area contributed by atoms with Crippen LogP contribution in [-0.4, -0.2) is 31.4 Å². The number of carbonyl (C=O) groups is 1. The standard InChI is InChI=1S/C14H24N2OS/c1-14(2,3)9-13(17)15-10-11(16(4)5)12-7-6-8-18-12/h6-8,11H,9-10H2,1-5H3,(H,15,17)/t11-/m1/s1. The fraction of sp³-hybridized carbons (Fsp3) is 0.643. The Hall–Kier alpha value is -0.870. The number of amides is 1. The number of rotatable bonds is 5. The number of hydrogen-bond acceptors (Lipinski definition) is 3. The van der Waals surface area contributed by atoms with Gasteiger partial charge in [0.15, 0.2) is 0 Å². The highest BCUT2D eigenvalue weighted by atomic mass is 32.1. The zero-order valence-electron chi connectivity index (χ0n) is 12.0. The van der Waals surface area contributed by atoms with E-state index in [4.69, 9.17) is 0 Å². The second-order valence-electron chi connectivity index (χ2n) is 6.04. The lowest BCUT2D eigenvalue weighted by molar-refractivity contribution is -0.123. The van der Waals surface area contributed by atoms with Crippen LogP contribution in [0, 0.1) is 5.41 Å². The summed E-state index contributed by atoms with van der Waals surface area (Å²) in [5, 5.41) is 5.11. The first-order chi connectivity index (χ1) is 8.29. The van der Waals surface area contributed by atoms with Gasteiger partial charge in [-0.2, -0.15) is 0 Å². The molecule has 1 rings (SSSR count). The summed E-state index contributed by atoms with van der Waals surface area (Å²) in [7, 11) is 4.08. The monoisotopic (exact) mass is 268 g/mol. The van der Waals surface area contributed by atoms with Crippen molar-refractivity contribution in [3.63, 3.8) is 0 Å². The van der Waals surface area contributed by atoms with Crippen LogP contribution >= 0.6 is 11.3 Å². The lowest BCUT2D eigenvalue weighted by Crippen LogP contribution is -2.35. The summed E-state index contributed by atoms with van der Waals surface area (Å²) in [4.78, 5) is 15.3. The Balaban J connectivity index is 2.52. The minimum atomic E-state index is 0.0423. The summed E-state index contributed by atoms with van der Waals surface area (Å²) >= 11 is 1.73. The summed E-state index contributed by atoms with van der Waals surface area (Å²) in [6.07, 6.45) is 0.567. The van der Waals surface area contributed by atoms with Gasteiger partial charge in [0.05, 0.1) is 6.04 Å². The number of thiophene rings is 1. The third kappa shape index (κ3) is 5.19. The second-order valence-corrected chi connectivity index (χ2v) is 7.02. The zero-order valence-corrected chi connectivity index (χ0v) is 12.8. The van der Waals surface area contributed by atoms with Gasteiger partial charge in [0, 0.05) is 17.8 Å². The maximum atomic E-state index is 11.8. The molecule has 0 aliphatic rings. The Morgan fingerprint density at radius 1 is 1.44 bits per heavy atom. The molecule has 1 aromatic rings. The van der Waals surface area contributed by atoms with Crippen LogP contribution in [0.25, 0.3) is 0 Å². The van der Waals surface area contributed by atoms with E-state index >= 15 is 0 Å². The minimum absolute atomic E-state index is 0.0423. The van der Waals surface area contributed by atoms with Crippen LogP contribution < -0.4 is 5.32 Å². The molecule has 0 fully saturated rings. The Kier molecular flexibility index (Phi) is 5.35. The van der Waals surface area contributed by atoms with Gasteiger partial charge in [0.1, 0.15) is 0 Å². The fourth-order valence-electron chi connectivity index (χ4n) is 1.77. The molecule has 1 N–H and O–H groups in total. The molecule has 18 heavy (non-hydrogen) atoms. The highest BCUT2D eigenvalue weighted by Gasteiger charge is 2.19. The molecule has 0 saturated heterocycles. The third-order valence-corrected chi connectivity index (χ3v) is 3.65. The lowest BCUT2D eigenvalue weighted by atomic mass is 9.92. The average molecular weight is 268 g/mol. The van der Waals surface area contributed by atoms with Gasteiger partial charge in [-0.1, -0.05) is 26.8 Å². The molecule has 3 nitrogen and oxygen atoms in total. The van der Waals surface area contributed by atoms with Crippen LogP contribution in [0.4, 0.5) is 0 Å². The summed E-state index contributed by atoms with van der Waals surface area (Å²) in [6, 6.07) is 4.42. The molecule has 0 aliphatic heterocycles. The number of hydrogen-bond donors (Lipinski definition) is 1. The van der Waals surface area contributed by atoms with Crippen molar-refractivity contribution in [2.45, 2.75) is 33.2 Å². The highest BCUT2D eigenvalue weighted by Crippen LogP contribution is 2.23. The van der Waals surface area contributed by atoms with E-state index in [0.29, 0.717) is 13.0 Å². The number of nitrogens with zero attached hydrogens (tertiary/aromatic N) is 1. The van der Waals surface area contributed by atoms with Crippen molar-refractivity contribution < 1.29 is 4.79 Å². The van der Waals surface area contributed by atoms with E-state index in [9.17, 15) is 4.79 Å². The summed E-state index contributed by atoms with van der Waals surface area (Å²) in [5.41, 5.74) is 0.0423. The van der Waals surface area contributed by atoms with Crippen molar-refractivity contribution in [1.82, 2.24) is 10.2 Å². The Labute approximate surface area is 114 Å². The van der Waals surface area contributed by atoms with Crippen LogP contribution in [0.2, 0.25) is 0 Å². The van der Waals surface area contributed by atoms with Crippen LogP contribution in [0.15, 0.2) is 17.5 Å². The second kappa shape index (κ2) is 6.34. The third-order valence-electron chi connectivity index (χ3n) is 2.68. The van der Waals surface area contributed by atoms with Crippen molar-refractivity contribution in [3.8, 4) is 0 Å². The van der Waals surface area contributed by atoms with Crippen LogP contribution in [0.3, 0.4) is 0 Å². The van der Waals surface area contributed by atoms with Gasteiger partial charge in [0.25, 0.3) is 0 Å². The van der Waals surface area contributed by atoms with E-state index in [2.05, 4.69) is 42.4 Å². The first kappa shape index (κ1) is 15.2. The fourth-order valence-corrected chi connectivity index (χ4v) is 2.70. The molecular weight excluding hydrogens is 244 g/mol. The molecule has 0 radical (unpaired) electrons. The highest BCUT2D eigenvalue weighted by molar-refractivity contribution is 7.10. The largest absolute Gasteiger partial charge is 0.354 e. The molecule has 0 saturated carbocycles. The van der Waals surface area contributed by atoms with Crippen molar-refractivity contribution in [2.24, 2.45) is 5.41 Å². The molecule has 4 heteroatoms. The predicted octanol–water partition coefficient (Wildman–Crippen LogP) is 2.90. The van der Waals surface area contributed by atoms with Crippen LogP contribution in [0.1, 0.15) is 38.1 Å². The summed E-state index contributed by atoms with van der Waals surface area (Å²) < 4.78 is 0. The summed E-state index contributed by atoms with van der Waals surface area (Å²) in [5.74, 6) is 0.130. The van der Waals surface area contributed by atoms with E-state index in [1.807, 2.05) is 20.2 Å². The van der Waals surface area contributed by atoms with Gasteiger partial charge in [-0.3, -0.25) is 4.79 Å². The van der Waals surface area contributed by atoms with Gasteiger partial charge in [-0.15, -0.1) is 11.3 Å². The SMILES string of the molecule is CN(C)[C@H](CNC(=O)CC(C)(C)C)c1cccs1. The van der Waals surface area contributed by atoms with Crippen molar-refractivity contribution in [2.75, 3.05) is 20.6 Å². The predicted molar refractivity (Wildman–Crippen MR) is 77.8 cm³/mol. The molecule has 1 atom stereocenters. The van der Waals surface area contributed by atoms with Gasteiger partial charge < -0.3 is 10.2 Å². The van der Waals surface area contributed by atoms with Crippen molar-refractivity contribution >= 4 is 17.2 Å². The number of carbonyl (C=O) groups excluding carboxylic acids is 1. The molecule has 1 amide bonds. The first-order valence-corrected chi connectivity index (χ1v) is 7.14. The molecule has 0 spiro atoms. The van der Waals surface area contributed by atoms with Gasteiger partial charge in [0.2, 0.25) is 5.91 Å². The van der Waals surface area contributed by atoms with E-state index in [1.54, 1.807) is 11.3 Å². The molecule has 102 valence electrons. The normalized spacial score (nSPS) is 13.7. The van der Waals surface area contributed by atoms with Gasteiger partial charge >= 0.3 is 0 Å². The van der Waals surface area contributed by atoms with E-state index in [0.717, 1.165) is 0 Å². The lowest BCUT2D eigenvalue weighted by Gasteiger charge is -2.24. The van der Waals surface area contributed by atoms with Crippen molar-refractivity contribution in [1.29, 1.82) is 0 Å². The van der Waals surface area contributed by atoms with Gasteiger partial charge in [-0.25, -0.2) is 0 Å². The summed E-state index contributed by atoms with van der Waals surface area (Å²) in [6.45, 7) is 6.91. The topological polar surface area (TPSA) is 32.3 Å². The number of likely N-dealkylation sites (N-methyl/N-ethyl adjacent to an activating group) is 1. The zero-order chi connectivity index (χ0) is 13.8. The van der Waals surface area contributed by atoms with E-state index < -0.39 is 0 Å². The smallest absolute Gasteiger partial charge is 0.220 e. The Bertz CT molecular complexity index is 366. The van der Waals surface area contributed by atoms with Gasteiger partial charge in [-0.05, 0) is 31.0 Å². The number of nitrogens with one attached hydrogen (secondary N) is 1. The van der Waals surface area contributed by atoms with Crippen LogP contribution in [0.5, 0.6) is 0 Å². The Morgan fingerprint density at radius 3 is 2.56 bits per heavy atom. The molecular formula is C14H24N2OS. The first-order valence-electron chi connectivity index (χ1n) is 6.26. The Morgan fingerprint density at radius 2 is 2.11 bits per heavy atom. The molecule has 0 aromatic carbocycles. The van der Waals surface area contributed by atoms with Crippen LogP contribution in [-0.2, 0) is 4.79 Å². The molecule has 0 unspecified atom stereocenters. The average Bonchev–Trinajstić information content (AvgIpc) is 2.67. The van der Waals surface area contributed by atoms with Crippen molar-refractivity contribution in [3.05, 3.63) is 22.4 Å². The molecule has 0 bridgehead atoms. The molecule has 1 heterocycles. The minimum Gasteiger partial charge on any atom is -0.354 e. The molecule has 1 aromatic heterocycles. The van der Waals surface area contributed by atoms with E-state index in [-0.39, 0.29) is 17.4 Å². The maximum absolute atomic E-state index is 11.8.